The molecular weight excluding hydrogens is 266 g/mol. The maximum atomic E-state index is 5.97. The zero-order valence-electron chi connectivity index (χ0n) is 12.6. The molecule has 1 saturated carbocycles. The Kier molecular flexibility index (Phi) is 3.68. The highest BCUT2D eigenvalue weighted by molar-refractivity contribution is 5.66. The van der Waals surface area contributed by atoms with E-state index in [2.05, 4.69) is 10.1 Å². The molecule has 1 aliphatic rings. The van der Waals surface area contributed by atoms with E-state index in [0.717, 1.165) is 42.5 Å². The third-order valence-electron chi connectivity index (χ3n) is 4.27. The summed E-state index contributed by atoms with van der Waals surface area (Å²) in [5.74, 6) is 1.18. The first-order valence-corrected chi connectivity index (χ1v) is 7.50. The van der Waals surface area contributed by atoms with Crippen LogP contribution in [0.1, 0.15) is 44.0 Å². The number of aromatic nitrogens is 2. The van der Waals surface area contributed by atoms with Crippen LogP contribution in [0.4, 0.5) is 5.69 Å². The van der Waals surface area contributed by atoms with Crippen molar-refractivity contribution in [2.45, 2.75) is 45.1 Å². The molecule has 0 amide bonds. The average Bonchev–Trinajstić information content (AvgIpc) is 3.12. The molecule has 1 aliphatic carbocycles. The van der Waals surface area contributed by atoms with Gasteiger partial charge in [-0.25, -0.2) is 0 Å². The van der Waals surface area contributed by atoms with Crippen molar-refractivity contribution in [3.8, 4) is 11.5 Å². The molecular formula is C16H21N3O2. The molecule has 3 rings (SSSR count). The van der Waals surface area contributed by atoms with Crippen LogP contribution in [0.2, 0.25) is 0 Å². The highest BCUT2D eigenvalue weighted by atomic mass is 16.5. The molecule has 0 spiro atoms. The van der Waals surface area contributed by atoms with Crippen LogP contribution in [-0.2, 0) is 10.3 Å². The topological polar surface area (TPSA) is 74.2 Å². The summed E-state index contributed by atoms with van der Waals surface area (Å²) in [4.78, 5) is 4.60. The van der Waals surface area contributed by atoms with Crippen molar-refractivity contribution in [1.29, 1.82) is 0 Å². The standard InChI is InChI=1S/C16H21N3O2/c1-3-20-16(9-4-5-10-16)15-18-14(21-19-15)12-7-6-8-13(17)11(12)2/h6-8H,3-5,9-10,17H2,1-2H3. The summed E-state index contributed by atoms with van der Waals surface area (Å²) in [6.07, 6.45) is 4.19. The normalized spacial score (nSPS) is 17.2. The molecule has 2 N–H and O–H groups in total. The molecule has 5 heteroatoms. The van der Waals surface area contributed by atoms with E-state index in [1.165, 1.54) is 0 Å². The molecule has 1 aromatic heterocycles. The molecule has 0 atom stereocenters. The molecule has 112 valence electrons. The van der Waals surface area contributed by atoms with Crippen molar-refractivity contribution < 1.29 is 9.26 Å². The summed E-state index contributed by atoms with van der Waals surface area (Å²) in [5.41, 5.74) is 8.16. The van der Waals surface area contributed by atoms with Gasteiger partial charge in [-0.2, -0.15) is 4.98 Å². The molecule has 2 aromatic rings. The van der Waals surface area contributed by atoms with E-state index < -0.39 is 0 Å². The Hall–Kier alpha value is -1.88. The second-order valence-corrected chi connectivity index (χ2v) is 5.58. The summed E-state index contributed by atoms with van der Waals surface area (Å²) >= 11 is 0. The number of nitrogens with zero attached hydrogens (tertiary/aromatic N) is 2. The number of benzene rings is 1. The van der Waals surface area contributed by atoms with Crippen LogP contribution in [0, 0.1) is 6.92 Å². The number of nitrogens with two attached hydrogens (primary N) is 1. The van der Waals surface area contributed by atoms with Gasteiger partial charge in [0.15, 0.2) is 0 Å². The third-order valence-corrected chi connectivity index (χ3v) is 4.27. The largest absolute Gasteiger partial charge is 0.398 e. The highest BCUT2D eigenvalue weighted by Gasteiger charge is 2.41. The molecule has 0 saturated heterocycles. The van der Waals surface area contributed by atoms with Crippen LogP contribution in [0.25, 0.3) is 11.5 Å². The van der Waals surface area contributed by atoms with E-state index in [9.17, 15) is 0 Å². The SMILES string of the molecule is CCOC1(c2noc(-c3cccc(N)c3C)n2)CCCC1. The lowest BCUT2D eigenvalue weighted by atomic mass is 10.0. The number of hydrogen-bond acceptors (Lipinski definition) is 5. The van der Waals surface area contributed by atoms with E-state index >= 15 is 0 Å². The van der Waals surface area contributed by atoms with Crippen molar-refractivity contribution in [2.75, 3.05) is 12.3 Å². The number of rotatable bonds is 4. The van der Waals surface area contributed by atoms with Crippen molar-refractivity contribution in [2.24, 2.45) is 0 Å². The Morgan fingerprint density at radius 2 is 2.10 bits per heavy atom. The second kappa shape index (κ2) is 5.48. The zero-order chi connectivity index (χ0) is 14.9. The van der Waals surface area contributed by atoms with E-state index in [1.807, 2.05) is 32.0 Å². The molecule has 0 bridgehead atoms. The first-order chi connectivity index (χ1) is 10.2. The number of hydrogen-bond donors (Lipinski definition) is 1. The fraction of sp³-hybridized carbons (Fsp3) is 0.500. The smallest absolute Gasteiger partial charge is 0.258 e. The molecule has 5 nitrogen and oxygen atoms in total. The molecule has 1 aromatic carbocycles. The van der Waals surface area contributed by atoms with Gasteiger partial charge in [0.2, 0.25) is 5.82 Å². The lowest BCUT2D eigenvalue weighted by molar-refractivity contribution is -0.0469. The van der Waals surface area contributed by atoms with Gasteiger partial charge in [-0.05, 0) is 57.2 Å². The van der Waals surface area contributed by atoms with Crippen LogP contribution < -0.4 is 5.73 Å². The van der Waals surface area contributed by atoms with E-state index in [1.54, 1.807) is 0 Å². The zero-order valence-corrected chi connectivity index (χ0v) is 12.6. The average molecular weight is 287 g/mol. The van der Waals surface area contributed by atoms with E-state index in [4.69, 9.17) is 15.0 Å². The molecule has 1 heterocycles. The van der Waals surface area contributed by atoms with Crippen LogP contribution in [0.5, 0.6) is 0 Å². The Morgan fingerprint density at radius 1 is 1.33 bits per heavy atom. The molecule has 21 heavy (non-hydrogen) atoms. The summed E-state index contributed by atoms with van der Waals surface area (Å²) < 4.78 is 11.4. The van der Waals surface area contributed by atoms with Gasteiger partial charge in [0, 0.05) is 17.9 Å². The second-order valence-electron chi connectivity index (χ2n) is 5.58. The minimum absolute atomic E-state index is 0.370. The van der Waals surface area contributed by atoms with Crippen LogP contribution in [0.3, 0.4) is 0 Å². The quantitative estimate of drug-likeness (QED) is 0.872. The Balaban J connectivity index is 1.98. The minimum atomic E-state index is -0.370. The first-order valence-electron chi connectivity index (χ1n) is 7.50. The monoisotopic (exact) mass is 287 g/mol. The first kappa shape index (κ1) is 14.1. The van der Waals surface area contributed by atoms with Gasteiger partial charge in [0.1, 0.15) is 5.60 Å². The Labute approximate surface area is 124 Å². The predicted octanol–water partition coefficient (Wildman–Crippen LogP) is 3.43. The number of anilines is 1. The van der Waals surface area contributed by atoms with Crippen molar-refractivity contribution in [1.82, 2.24) is 10.1 Å². The molecule has 0 radical (unpaired) electrons. The summed E-state index contributed by atoms with van der Waals surface area (Å²) in [5, 5.41) is 4.18. The van der Waals surface area contributed by atoms with Gasteiger partial charge in [-0.3, -0.25) is 0 Å². The molecule has 0 aliphatic heterocycles. The highest BCUT2D eigenvalue weighted by Crippen LogP contribution is 2.41. The Morgan fingerprint density at radius 3 is 2.81 bits per heavy atom. The van der Waals surface area contributed by atoms with Crippen molar-refractivity contribution in [3.63, 3.8) is 0 Å². The molecule has 1 fully saturated rings. The van der Waals surface area contributed by atoms with Crippen molar-refractivity contribution >= 4 is 5.69 Å². The lowest BCUT2D eigenvalue weighted by Crippen LogP contribution is -2.27. The van der Waals surface area contributed by atoms with Gasteiger partial charge in [0.05, 0.1) is 0 Å². The van der Waals surface area contributed by atoms with Gasteiger partial charge < -0.3 is 15.0 Å². The van der Waals surface area contributed by atoms with E-state index in [-0.39, 0.29) is 5.60 Å². The minimum Gasteiger partial charge on any atom is -0.398 e. The number of ether oxygens (including phenoxy) is 1. The fourth-order valence-corrected chi connectivity index (χ4v) is 3.06. The van der Waals surface area contributed by atoms with Gasteiger partial charge >= 0.3 is 0 Å². The molecule has 0 unspecified atom stereocenters. The summed E-state index contributed by atoms with van der Waals surface area (Å²) in [6.45, 7) is 4.62. The van der Waals surface area contributed by atoms with Crippen molar-refractivity contribution in [3.05, 3.63) is 29.6 Å². The van der Waals surface area contributed by atoms with Gasteiger partial charge in [0.25, 0.3) is 5.89 Å². The summed E-state index contributed by atoms with van der Waals surface area (Å²) in [6, 6.07) is 5.72. The maximum Gasteiger partial charge on any atom is 0.258 e. The van der Waals surface area contributed by atoms with Crippen LogP contribution in [-0.4, -0.2) is 16.7 Å². The van der Waals surface area contributed by atoms with Gasteiger partial charge in [-0.1, -0.05) is 11.2 Å². The lowest BCUT2D eigenvalue weighted by Gasteiger charge is -2.24. The maximum absolute atomic E-state index is 5.97. The van der Waals surface area contributed by atoms with Crippen LogP contribution >= 0.6 is 0 Å². The predicted molar refractivity (Wildman–Crippen MR) is 80.7 cm³/mol. The van der Waals surface area contributed by atoms with E-state index in [0.29, 0.717) is 18.3 Å². The number of nitrogen functional groups attached to an aromatic ring is 1. The fourth-order valence-electron chi connectivity index (χ4n) is 3.06. The summed E-state index contributed by atoms with van der Waals surface area (Å²) in [7, 11) is 0. The van der Waals surface area contributed by atoms with Crippen LogP contribution in [0.15, 0.2) is 22.7 Å². The van der Waals surface area contributed by atoms with Gasteiger partial charge in [-0.15, -0.1) is 0 Å². The third kappa shape index (κ3) is 2.42. The Bertz CT molecular complexity index is 630.